The molecule has 3 rings (SSSR count). The normalized spacial score (nSPS) is 35.1. The van der Waals surface area contributed by atoms with Crippen LogP contribution in [0.4, 0.5) is 0 Å². The van der Waals surface area contributed by atoms with Gasteiger partial charge in [-0.05, 0) is 76.5 Å². The molecule has 1 saturated carbocycles. The first-order valence-electron chi connectivity index (χ1n) is 8.43. The summed E-state index contributed by atoms with van der Waals surface area (Å²) in [6, 6.07) is 0.0972. The van der Waals surface area contributed by atoms with Gasteiger partial charge in [0.05, 0.1) is 6.04 Å². The van der Waals surface area contributed by atoms with E-state index >= 15 is 0 Å². The van der Waals surface area contributed by atoms with Crippen LogP contribution in [0.5, 0.6) is 0 Å². The molecule has 1 amide bonds. The Balaban J connectivity index is 1.37. The van der Waals surface area contributed by atoms with E-state index in [2.05, 4.69) is 22.6 Å². The molecule has 2 saturated heterocycles. The van der Waals surface area contributed by atoms with Crippen molar-refractivity contribution in [3.05, 3.63) is 0 Å². The second kappa shape index (κ2) is 6.44. The molecule has 3 unspecified atom stereocenters. The van der Waals surface area contributed by atoms with E-state index in [-0.39, 0.29) is 11.9 Å². The van der Waals surface area contributed by atoms with Crippen molar-refractivity contribution in [2.45, 2.75) is 44.6 Å². The van der Waals surface area contributed by atoms with Crippen LogP contribution in [0, 0.1) is 17.8 Å². The summed E-state index contributed by atoms with van der Waals surface area (Å²) in [5.74, 6) is 2.44. The van der Waals surface area contributed by atoms with Crippen molar-refractivity contribution in [2.24, 2.45) is 17.8 Å². The van der Waals surface area contributed by atoms with E-state index in [9.17, 15) is 4.79 Å². The molecule has 0 radical (unpaired) electrons. The van der Waals surface area contributed by atoms with Crippen LogP contribution < -0.4 is 10.6 Å². The summed E-state index contributed by atoms with van der Waals surface area (Å²) in [6.07, 6.45) is 7.61. The van der Waals surface area contributed by atoms with Crippen LogP contribution in [0.15, 0.2) is 0 Å². The minimum atomic E-state index is 0.0972. The van der Waals surface area contributed by atoms with Gasteiger partial charge >= 0.3 is 0 Å². The molecule has 0 aromatic carbocycles. The van der Waals surface area contributed by atoms with Gasteiger partial charge in [-0.2, -0.15) is 0 Å². The van der Waals surface area contributed by atoms with Gasteiger partial charge in [0, 0.05) is 6.54 Å². The molecule has 1 aliphatic carbocycles. The predicted molar refractivity (Wildman–Crippen MR) is 80.5 cm³/mol. The van der Waals surface area contributed by atoms with Crippen LogP contribution in [0.25, 0.3) is 0 Å². The van der Waals surface area contributed by atoms with E-state index in [0.29, 0.717) is 5.92 Å². The summed E-state index contributed by atoms with van der Waals surface area (Å²) in [5.41, 5.74) is 0. The van der Waals surface area contributed by atoms with E-state index < -0.39 is 0 Å². The van der Waals surface area contributed by atoms with Gasteiger partial charge in [-0.1, -0.05) is 6.42 Å². The molecule has 0 spiro atoms. The third-order valence-electron chi connectivity index (χ3n) is 5.72. The molecule has 20 heavy (non-hydrogen) atoms. The molecule has 114 valence electrons. The number of rotatable bonds is 4. The molecule has 3 aliphatic rings. The van der Waals surface area contributed by atoms with Crippen molar-refractivity contribution in [1.82, 2.24) is 15.5 Å². The number of piperidine rings is 1. The maximum atomic E-state index is 12.3. The molecular weight excluding hydrogens is 250 g/mol. The van der Waals surface area contributed by atoms with Crippen molar-refractivity contribution in [3.63, 3.8) is 0 Å². The lowest BCUT2D eigenvalue weighted by atomic mass is 9.92. The molecule has 2 aliphatic heterocycles. The standard InChI is InChI=1S/C16H29N3O/c1-19-9-6-12(7-10-19)5-8-17-16(20)15-14-4-2-3-13(14)11-18-15/h12-15,18H,2-11H2,1H3,(H,17,20). The fraction of sp³-hybridized carbons (Fsp3) is 0.938. The Labute approximate surface area is 122 Å². The van der Waals surface area contributed by atoms with E-state index in [1.165, 1.54) is 45.2 Å². The molecule has 2 N–H and O–H groups in total. The Bertz CT molecular complexity index is 339. The number of carbonyl (C=O) groups is 1. The minimum absolute atomic E-state index is 0.0972. The Morgan fingerprint density at radius 1 is 1.25 bits per heavy atom. The van der Waals surface area contributed by atoms with Crippen LogP contribution in [-0.4, -0.2) is 50.1 Å². The van der Waals surface area contributed by atoms with Gasteiger partial charge in [-0.25, -0.2) is 0 Å². The van der Waals surface area contributed by atoms with E-state index in [0.717, 1.165) is 31.3 Å². The molecule has 0 aromatic rings. The highest BCUT2D eigenvalue weighted by Crippen LogP contribution is 2.37. The molecule has 4 nitrogen and oxygen atoms in total. The number of nitrogens with one attached hydrogen (secondary N) is 2. The lowest BCUT2D eigenvalue weighted by Crippen LogP contribution is -2.44. The molecular formula is C16H29N3O. The average molecular weight is 279 g/mol. The van der Waals surface area contributed by atoms with Crippen molar-refractivity contribution in [2.75, 3.05) is 33.2 Å². The number of fused-ring (bicyclic) bond motifs is 1. The zero-order valence-electron chi connectivity index (χ0n) is 12.7. The number of likely N-dealkylation sites (tertiary alicyclic amines) is 1. The van der Waals surface area contributed by atoms with Gasteiger partial charge in [0.1, 0.15) is 0 Å². The SMILES string of the molecule is CN1CCC(CCNC(=O)C2NCC3CCCC32)CC1. The highest BCUT2D eigenvalue weighted by Gasteiger charge is 2.42. The number of hydrogen-bond donors (Lipinski definition) is 2. The first-order valence-corrected chi connectivity index (χ1v) is 8.43. The zero-order valence-corrected chi connectivity index (χ0v) is 12.7. The highest BCUT2D eigenvalue weighted by atomic mass is 16.2. The lowest BCUT2D eigenvalue weighted by molar-refractivity contribution is -0.123. The average Bonchev–Trinajstić information content (AvgIpc) is 3.03. The van der Waals surface area contributed by atoms with E-state index in [4.69, 9.17) is 0 Å². The van der Waals surface area contributed by atoms with E-state index in [1.807, 2.05) is 0 Å². The van der Waals surface area contributed by atoms with Crippen LogP contribution in [0.3, 0.4) is 0 Å². The third kappa shape index (κ3) is 3.17. The van der Waals surface area contributed by atoms with Gasteiger partial charge in [0.25, 0.3) is 0 Å². The molecule has 2 heterocycles. The number of carbonyl (C=O) groups excluding carboxylic acids is 1. The quantitative estimate of drug-likeness (QED) is 0.813. The van der Waals surface area contributed by atoms with Gasteiger partial charge in [0.15, 0.2) is 0 Å². The second-order valence-electron chi connectivity index (χ2n) is 7.07. The molecule has 0 bridgehead atoms. The van der Waals surface area contributed by atoms with Gasteiger partial charge in [-0.15, -0.1) is 0 Å². The highest BCUT2D eigenvalue weighted by molar-refractivity contribution is 5.82. The maximum Gasteiger partial charge on any atom is 0.237 e. The van der Waals surface area contributed by atoms with Crippen molar-refractivity contribution < 1.29 is 4.79 Å². The fourth-order valence-electron chi connectivity index (χ4n) is 4.33. The first kappa shape index (κ1) is 14.3. The topological polar surface area (TPSA) is 44.4 Å². The molecule has 4 heteroatoms. The summed E-state index contributed by atoms with van der Waals surface area (Å²) in [7, 11) is 2.20. The fourth-order valence-corrected chi connectivity index (χ4v) is 4.33. The summed E-state index contributed by atoms with van der Waals surface area (Å²) in [6.45, 7) is 4.35. The van der Waals surface area contributed by atoms with Crippen LogP contribution in [0.1, 0.15) is 38.5 Å². The van der Waals surface area contributed by atoms with Gasteiger partial charge < -0.3 is 15.5 Å². The Morgan fingerprint density at radius 2 is 2.05 bits per heavy atom. The number of amides is 1. The van der Waals surface area contributed by atoms with Crippen molar-refractivity contribution in [3.8, 4) is 0 Å². The van der Waals surface area contributed by atoms with Gasteiger partial charge in [0.2, 0.25) is 5.91 Å². The van der Waals surface area contributed by atoms with Crippen molar-refractivity contribution in [1.29, 1.82) is 0 Å². The second-order valence-corrected chi connectivity index (χ2v) is 7.07. The van der Waals surface area contributed by atoms with Crippen molar-refractivity contribution >= 4 is 5.91 Å². The Kier molecular flexibility index (Phi) is 4.61. The monoisotopic (exact) mass is 279 g/mol. The number of hydrogen-bond acceptors (Lipinski definition) is 3. The van der Waals surface area contributed by atoms with Crippen LogP contribution in [-0.2, 0) is 4.79 Å². The number of nitrogens with zero attached hydrogens (tertiary/aromatic N) is 1. The summed E-state index contributed by atoms with van der Waals surface area (Å²) < 4.78 is 0. The summed E-state index contributed by atoms with van der Waals surface area (Å²) >= 11 is 0. The third-order valence-corrected chi connectivity index (χ3v) is 5.72. The van der Waals surface area contributed by atoms with Crippen LogP contribution >= 0.6 is 0 Å². The Hall–Kier alpha value is -0.610. The van der Waals surface area contributed by atoms with Crippen LogP contribution in [0.2, 0.25) is 0 Å². The first-order chi connectivity index (χ1) is 9.74. The molecule has 3 fully saturated rings. The Morgan fingerprint density at radius 3 is 2.85 bits per heavy atom. The minimum Gasteiger partial charge on any atom is -0.355 e. The zero-order chi connectivity index (χ0) is 13.9. The maximum absolute atomic E-state index is 12.3. The van der Waals surface area contributed by atoms with E-state index in [1.54, 1.807) is 0 Å². The smallest absolute Gasteiger partial charge is 0.237 e. The van der Waals surface area contributed by atoms with Gasteiger partial charge in [-0.3, -0.25) is 4.79 Å². The summed E-state index contributed by atoms with van der Waals surface area (Å²) in [4.78, 5) is 14.7. The predicted octanol–water partition coefficient (Wildman–Crippen LogP) is 1.22. The largest absolute Gasteiger partial charge is 0.355 e. The summed E-state index contributed by atoms with van der Waals surface area (Å²) in [5, 5.41) is 6.61. The lowest BCUT2D eigenvalue weighted by Gasteiger charge is -2.29. The molecule has 3 atom stereocenters. The molecule has 0 aromatic heterocycles.